The Bertz CT molecular complexity index is 914. The summed E-state index contributed by atoms with van der Waals surface area (Å²) in [4.78, 5) is 4.71. The second kappa shape index (κ2) is 7.79. The minimum absolute atomic E-state index is 0.465. The Hall–Kier alpha value is -2.24. The number of piperidine rings is 1. The highest BCUT2D eigenvalue weighted by Crippen LogP contribution is 2.27. The quantitative estimate of drug-likeness (QED) is 0.696. The van der Waals surface area contributed by atoms with Crippen LogP contribution in [-0.2, 0) is 20.1 Å². The van der Waals surface area contributed by atoms with Gasteiger partial charge in [0.05, 0.1) is 6.54 Å². The van der Waals surface area contributed by atoms with E-state index in [1.807, 2.05) is 0 Å². The number of nitrogens with zero attached hydrogens (tertiary/aromatic N) is 5. The molecule has 1 atom stereocenters. The Morgan fingerprint density at radius 1 is 1.07 bits per heavy atom. The molecular formula is C22H29N5. The van der Waals surface area contributed by atoms with Crippen LogP contribution in [0.1, 0.15) is 36.0 Å². The molecule has 0 bridgehead atoms. The molecule has 0 radical (unpaired) electrons. The van der Waals surface area contributed by atoms with Gasteiger partial charge in [-0.15, -0.1) is 10.2 Å². The van der Waals surface area contributed by atoms with Gasteiger partial charge in [0.2, 0.25) is 0 Å². The van der Waals surface area contributed by atoms with Gasteiger partial charge in [-0.25, -0.2) is 0 Å². The van der Waals surface area contributed by atoms with Gasteiger partial charge in [-0.2, -0.15) is 0 Å². The summed E-state index contributed by atoms with van der Waals surface area (Å²) >= 11 is 0. The summed E-state index contributed by atoms with van der Waals surface area (Å²) in [7, 11) is 6.25. The molecule has 5 nitrogen and oxygen atoms in total. The van der Waals surface area contributed by atoms with E-state index in [1.165, 1.54) is 29.2 Å². The molecule has 0 aliphatic carbocycles. The average Bonchev–Trinajstić information content (AvgIpc) is 3.02. The van der Waals surface area contributed by atoms with E-state index in [0.717, 1.165) is 37.8 Å². The van der Waals surface area contributed by atoms with Crippen LogP contribution in [0, 0.1) is 0 Å². The van der Waals surface area contributed by atoms with Crippen LogP contribution >= 0.6 is 0 Å². The van der Waals surface area contributed by atoms with Crippen molar-refractivity contribution < 1.29 is 0 Å². The van der Waals surface area contributed by atoms with E-state index in [4.69, 9.17) is 0 Å². The zero-order valence-electron chi connectivity index (χ0n) is 16.6. The summed E-state index contributed by atoms with van der Waals surface area (Å²) in [5.41, 5.74) is 1.39. The molecule has 0 unspecified atom stereocenters. The third-order valence-electron chi connectivity index (χ3n) is 5.55. The van der Waals surface area contributed by atoms with Crippen LogP contribution in [0.25, 0.3) is 10.8 Å². The third kappa shape index (κ3) is 4.04. The van der Waals surface area contributed by atoms with Crippen molar-refractivity contribution in [3.63, 3.8) is 0 Å². The normalized spacial score (nSPS) is 18.4. The minimum Gasteiger partial charge on any atom is -0.317 e. The summed E-state index contributed by atoms with van der Waals surface area (Å²) in [6, 6.07) is 15.4. The SMILES string of the molecule is CN(C)Cc1nnc([C@H]2CCCN(Cc3ccc4ccccc4c3)C2)n1C. The van der Waals surface area contributed by atoms with E-state index >= 15 is 0 Å². The van der Waals surface area contributed by atoms with Crippen molar-refractivity contribution in [3.8, 4) is 0 Å². The molecular weight excluding hydrogens is 334 g/mol. The molecule has 1 aliphatic heterocycles. The van der Waals surface area contributed by atoms with E-state index in [1.54, 1.807) is 0 Å². The molecule has 2 heterocycles. The van der Waals surface area contributed by atoms with Gasteiger partial charge in [0, 0.05) is 26.1 Å². The van der Waals surface area contributed by atoms with Gasteiger partial charge >= 0.3 is 0 Å². The summed E-state index contributed by atoms with van der Waals surface area (Å²) in [6.07, 6.45) is 2.41. The van der Waals surface area contributed by atoms with Gasteiger partial charge in [-0.3, -0.25) is 4.90 Å². The Labute approximate surface area is 161 Å². The van der Waals surface area contributed by atoms with Gasteiger partial charge in [-0.05, 0) is 55.9 Å². The highest BCUT2D eigenvalue weighted by Gasteiger charge is 2.26. The van der Waals surface area contributed by atoms with Gasteiger partial charge in [0.15, 0.2) is 0 Å². The lowest BCUT2D eigenvalue weighted by Gasteiger charge is -2.32. The summed E-state index contributed by atoms with van der Waals surface area (Å²) in [6.45, 7) is 4.05. The first kappa shape index (κ1) is 18.1. The monoisotopic (exact) mass is 363 g/mol. The third-order valence-corrected chi connectivity index (χ3v) is 5.55. The molecule has 27 heavy (non-hydrogen) atoms. The Morgan fingerprint density at radius 2 is 1.89 bits per heavy atom. The molecule has 2 aromatic carbocycles. The van der Waals surface area contributed by atoms with Crippen LogP contribution in [0.3, 0.4) is 0 Å². The van der Waals surface area contributed by atoms with Crippen molar-refractivity contribution in [1.82, 2.24) is 24.6 Å². The number of hydrogen-bond acceptors (Lipinski definition) is 4. The number of hydrogen-bond donors (Lipinski definition) is 0. The smallest absolute Gasteiger partial charge is 0.146 e. The van der Waals surface area contributed by atoms with Crippen molar-refractivity contribution in [1.29, 1.82) is 0 Å². The second-order valence-corrected chi connectivity index (χ2v) is 8.03. The maximum atomic E-state index is 4.53. The van der Waals surface area contributed by atoms with Crippen LogP contribution < -0.4 is 0 Å². The van der Waals surface area contributed by atoms with Crippen molar-refractivity contribution in [2.75, 3.05) is 27.2 Å². The van der Waals surface area contributed by atoms with E-state index in [9.17, 15) is 0 Å². The molecule has 0 amide bonds. The van der Waals surface area contributed by atoms with Crippen LogP contribution in [0.2, 0.25) is 0 Å². The molecule has 1 saturated heterocycles. The fourth-order valence-electron chi connectivity index (χ4n) is 4.16. The summed E-state index contributed by atoms with van der Waals surface area (Å²) in [5.74, 6) is 2.64. The Kier molecular flexibility index (Phi) is 5.23. The predicted octanol–water partition coefficient (Wildman–Crippen LogP) is 3.41. The highest BCUT2D eigenvalue weighted by molar-refractivity contribution is 5.82. The van der Waals surface area contributed by atoms with Gasteiger partial charge < -0.3 is 9.47 Å². The van der Waals surface area contributed by atoms with Crippen LogP contribution in [0.15, 0.2) is 42.5 Å². The molecule has 0 spiro atoms. The van der Waals surface area contributed by atoms with Gasteiger partial charge in [0.25, 0.3) is 0 Å². The molecule has 1 fully saturated rings. The first-order chi connectivity index (χ1) is 13.1. The summed E-state index contributed by atoms with van der Waals surface area (Å²) in [5, 5.41) is 11.6. The fourth-order valence-corrected chi connectivity index (χ4v) is 4.16. The number of likely N-dealkylation sites (tertiary alicyclic amines) is 1. The molecule has 142 valence electrons. The summed E-state index contributed by atoms with van der Waals surface area (Å²) < 4.78 is 2.20. The number of rotatable bonds is 5. The van der Waals surface area contributed by atoms with Crippen LogP contribution in [-0.4, -0.2) is 51.7 Å². The Morgan fingerprint density at radius 3 is 2.70 bits per heavy atom. The molecule has 0 saturated carbocycles. The van der Waals surface area contributed by atoms with Crippen LogP contribution in [0.4, 0.5) is 0 Å². The number of fused-ring (bicyclic) bond motifs is 1. The molecule has 1 aliphatic rings. The lowest BCUT2D eigenvalue weighted by molar-refractivity contribution is 0.195. The lowest BCUT2D eigenvalue weighted by Crippen LogP contribution is -2.34. The molecule has 3 aromatic rings. The first-order valence-electron chi connectivity index (χ1n) is 9.83. The fraction of sp³-hybridized carbons (Fsp3) is 0.455. The van der Waals surface area contributed by atoms with Crippen molar-refractivity contribution in [2.45, 2.75) is 31.8 Å². The second-order valence-electron chi connectivity index (χ2n) is 8.03. The molecule has 1 aromatic heterocycles. The zero-order valence-corrected chi connectivity index (χ0v) is 16.6. The van der Waals surface area contributed by atoms with Crippen molar-refractivity contribution in [2.24, 2.45) is 7.05 Å². The highest BCUT2D eigenvalue weighted by atomic mass is 15.3. The average molecular weight is 364 g/mol. The first-order valence-corrected chi connectivity index (χ1v) is 9.83. The molecule has 4 rings (SSSR count). The molecule has 5 heteroatoms. The topological polar surface area (TPSA) is 37.2 Å². The van der Waals surface area contributed by atoms with Gasteiger partial charge in [-0.1, -0.05) is 36.4 Å². The number of aromatic nitrogens is 3. The van der Waals surface area contributed by atoms with E-state index in [-0.39, 0.29) is 0 Å². The molecule has 0 N–H and O–H groups in total. The van der Waals surface area contributed by atoms with Crippen molar-refractivity contribution in [3.05, 3.63) is 59.7 Å². The number of benzene rings is 2. The minimum atomic E-state index is 0.465. The standard InChI is InChI=1S/C22H29N5/c1-25(2)16-21-23-24-22(26(21)3)20-9-6-12-27(15-20)14-17-10-11-18-7-4-5-8-19(18)13-17/h4-5,7-8,10-11,13,20H,6,9,12,14-16H2,1-3H3/t20-/m0/s1. The van der Waals surface area contributed by atoms with E-state index in [2.05, 4.69) is 88.2 Å². The van der Waals surface area contributed by atoms with E-state index < -0.39 is 0 Å². The largest absolute Gasteiger partial charge is 0.317 e. The maximum Gasteiger partial charge on any atom is 0.146 e. The van der Waals surface area contributed by atoms with Gasteiger partial charge in [0.1, 0.15) is 11.6 Å². The Balaban J connectivity index is 1.47. The van der Waals surface area contributed by atoms with Crippen molar-refractivity contribution >= 4 is 10.8 Å². The zero-order chi connectivity index (χ0) is 18.8. The van der Waals surface area contributed by atoms with Crippen LogP contribution in [0.5, 0.6) is 0 Å². The maximum absolute atomic E-state index is 4.53. The van der Waals surface area contributed by atoms with E-state index in [0.29, 0.717) is 5.92 Å². The predicted molar refractivity (Wildman–Crippen MR) is 110 cm³/mol. The lowest BCUT2D eigenvalue weighted by atomic mass is 9.96.